The van der Waals surface area contributed by atoms with Crippen LogP contribution >= 0.6 is 0 Å². The molecule has 0 bridgehead atoms. The molecule has 0 aliphatic heterocycles. The molecule has 28 heavy (non-hydrogen) atoms. The molecular formula is C20H19N3O5. The van der Waals surface area contributed by atoms with E-state index in [0.717, 1.165) is 0 Å². The van der Waals surface area contributed by atoms with E-state index >= 15 is 0 Å². The minimum Gasteiger partial charge on any atom is -0.477 e. The van der Waals surface area contributed by atoms with Gasteiger partial charge >= 0.3 is 5.97 Å². The summed E-state index contributed by atoms with van der Waals surface area (Å²) in [5.41, 5.74) is 0.159. The molecule has 1 N–H and O–H groups in total. The number of ketones is 1. The molecule has 0 unspecified atom stereocenters. The molecule has 0 fully saturated rings. The fourth-order valence-electron chi connectivity index (χ4n) is 3.21. The largest absolute Gasteiger partial charge is 0.477 e. The highest BCUT2D eigenvalue weighted by Gasteiger charge is 2.25. The smallest absolute Gasteiger partial charge is 0.343 e. The van der Waals surface area contributed by atoms with Gasteiger partial charge in [0, 0.05) is 36.4 Å². The zero-order chi connectivity index (χ0) is 20.1. The molecule has 144 valence electrons. The van der Waals surface area contributed by atoms with E-state index in [2.05, 4.69) is 15.0 Å². The van der Waals surface area contributed by atoms with Crippen molar-refractivity contribution in [3.05, 3.63) is 58.0 Å². The van der Waals surface area contributed by atoms with Crippen molar-refractivity contribution in [3.63, 3.8) is 0 Å². The van der Waals surface area contributed by atoms with E-state index < -0.39 is 17.1 Å². The van der Waals surface area contributed by atoms with Crippen LogP contribution in [0.25, 0.3) is 17.1 Å². The Morgan fingerprint density at radius 2 is 2.04 bits per heavy atom. The van der Waals surface area contributed by atoms with Gasteiger partial charge in [0.1, 0.15) is 18.5 Å². The van der Waals surface area contributed by atoms with Crippen LogP contribution in [0, 0.1) is 0 Å². The third kappa shape index (κ3) is 3.90. The molecule has 1 aliphatic rings. The van der Waals surface area contributed by atoms with Crippen LogP contribution in [0.4, 0.5) is 0 Å². The predicted octanol–water partition coefficient (Wildman–Crippen LogP) is 2.38. The Labute approximate surface area is 160 Å². The van der Waals surface area contributed by atoms with Gasteiger partial charge in [0.2, 0.25) is 0 Å². The Morgan fingerprint density at radius 1 is 1.29 bits per heavy atom. The molecule has 8 heteroatoms. The minimum absolute atomic E-state index is 0.0264. The van der Waals surface area contributed by atoms with Crippen LogP contribution < -0.4 is 5.56 Å². The van der Waals surface area contributed by atoms with Crippen LogP contribution in [0.3, 0.4) is 0 Å². The van der Waals surface area contributed by atoms with Gasteiger partial charge in [-0.05, 0) is 12.8 Å². The van der Waals surface area contributed by atoms with E-state index in [0.29, 0.717) is 30.5 Å². The first-order chi connectivity index (χ1) is 13.5. The third-order valence-electron chi connectivity index (χ3n) is 4.37. The summed E-state index contributed by atoms with van der Waals surface area (Å²) in [6.45, 7) is 0. The molecule has 3 rings (SSSR count). The van der Waals surface area contributed by atoms with Crippen LogP contribution in [0.2, 0.25) is 0 Å². The van der Waals surface area contributed by atoms with Gasteiger partial charge in [-0.15, -0.1) is 0 Å². The maximum Gasteiger partial charge on any atom is 0.343 e. The van der Waals surface area contributed by atoms with Gasteiger partial charge in [0.05, 0.1) is 5.69 Å². The number of benzene rings is 1. The predicted molar refractivity (Wildman–Crippen MR) is 103 cm³/mol. The second-order valence-corrected chi connectivity index (χ2v) is 6.20. The number of carbonyl (C=O) groups is 2. The number of hydrogen-bond donors (Lipinski definition) is 1. The topological polar surface area (TPSA) is 111 Å². The minimum atomic E-state index is -1.38. The van der Waals surface area contributed by atoms with Gasteiger partial charge in [-0.25, -0.2) is 4.79 Å². The molecular weight excluding hydrogens is 362 g/mol. The van der Waals surface area contributed by atoms with Gasteiger partial charge in [0.15, 0.2) is 5.78 Å². The van der Waals surface area contributed by atoms with Crippen molar-refractivity contribution in [2.24, 2.45) is 5.16 Å². The summed E-state index contributed by atoms with van der Waals surface area (Å²) < 4.78 is 1.60. The standard InChI is InChI=1S/C20H19N3O5/c1-28-21-11-10-16-17(20(26)27)19(25)22-18(13-6-3-2-4-7-13)23(16)14-8-5-9-15(24)12-14/h2-4,6-7,11-12H,5,8-10H2,1H3,(H,26,27). The maximum atomic E-state index is 12.5. The summed E-state index contributed by atoms with van der Waals surface area (Å²) in [4.78, 5) is 45.1. The Hall–Kier alpha value is -3.55. The van der Waals surface area contributed by atoms with Gasteiger partial charge in [-0.1, -0.05) is 35.5 Å². The van der Waals surface area contributed by atoms with Crippen molar-refractivity contribution in [2.45, 2.75) is 25.7 Å². The summed E-state index contributed by atoms with van der Waals surface area (Å²) in [7, 11) is 1.37. The second-order valence-electron chi connectivity index (χ2n) is 6.20. The van der Waals surface area contributed by atoms with Crippen LogP contribution in [0.5, 0.6) is 0 Å². The van der Waals surface area contributed by atoms with Crippen molar-refractivity contribution in [1.29, 1.82) is 0 Å². The zero-order valence-corrected chi connectivity index (χ0v) is 15.3. The number of nitrogens with zero attached hydrogens (tertiary/aromatic N) is 3. The summed E-state index contributed by atoms with van der Waals surface area (Å²) in [6, 6.07) is 8.97. The van der Waals surface area contributed by atoms with Crippen LogP contribution in [-0.2, 0) is 16.1 Å². The Morgan fingerprint density at radius 3 is 2.68 bits per heavy atom. The van der Waals surface area contributed by atoms with E-state index in [1.54, 1.807) is 28.8 Å². The SMILES string of the molecule is CON=CCc1c(C(=O)O)c(=O)nc(-c2ccccc2)n1C1=CC(=O)CCC1. The molecule has 0 radical (unpaired) electrons. The number of carboxylic acid groups (broad SMARTS) is 1. The number of aromatic carboxylic acids is 1. The van der Waals surface area contributed by atoms with Crippen molar-refractivity contribution < 1.29 is 19.5 Å². The number of aromatic nitrogens is 2. The first-order valence-electron chi connectivity index (χ1n) is 8.76. The molecule has 0 saturated heterocycles. The summed E-state index contributed by atoms with van der Waals surface area (Å²) in [6.07, 6.45) is 4.52. The van der Waals surface area contributed by atoms with Crippen LogP contribution in [0.1, 0.15) is 35.3 Å². The highest BCUT2D eigenvalue weighted by Crippen LogP contribution is 2.28. The van der Waals surface area contributed by atoms with E-state index in [1.807, 2.05) is 6.07 Å². The Bertz CT molecular complexity index is 1020. The number of allylic oxidation sites excluding steroid dienone is 2. The molecule has 8 nitrogen and oxygen atoms in total. The first-order valence-corrected chi connectivity index (χ1v) is 8.76. The number of rotatable bonds is 6. The number of oxime groups is 1. The highest BCUT2D eigenvalue weighted by atomic mass is 16.6. The summed E-state index contributed by atoms with van der Waals surface area (Å²) in [5.74, 6) is -1.14. The Kier molecular flexibility index (Phi) is 5.78. The Balaban J connectivity index is 2.37. The van der Waals surface area contributed by atoms with Crippen LogP contribution in [0.15, 0.2) is 46.4 Å². The lowest BCUT2D eigenvalue weighted by molar-refractivity contribution is -0.114. The van der Waals surface area contributed by atoms with Gasteiger partial charge < -0.3 is 14.5 Å². The van der Waals surface area contributed by atoms with E-state index in [9.17, 15) is 19.5 Å². The summed E-state index contributed by atoms with van der Waals surface area (Å²) >= 11 is 0. The number of hydrogen-bond acceptors (Lipinski definition) is 6. The third-order valence-corrected chi connectivity index (χ3v) is 4.37. The monoisotopic (exact) mass is 381 g/mol. The molecule has 1 aliphatic carbocycles. The molecule has 1 heterocycles. The maximum absolute atomic E-state index is 12.5. The molecule has 1 aromatic heterocycles. The average molecular weight is 381 g/mol. The quantitative estimate of drug-likeness (QED) is 0.607. The fourth-order valence-corrected chi connectivity index (χ4v) is 3.21. The van der Waals surface area contributed by atoms with Crippen molar-refractivity contribution in [3.8, 4) is 11.4 Å². The van der Waals surface area contributed by atoms with E-state index in [1.165, 1.54) is 19.4 Å². The van der Waals surface area contributed by atoms with Crippen molar-refractivity contribution in [1.82, 2.24) is 9.55 Å². The normalized spacial score (nSPS) is 14.2. The fraction of sp³-hybridized carbons (Fsp3) is 0.250. The molecule has 2 aromatic rings. The summed E-state index contributed by atoms with van der Waals surface area (Å²) in [5, 5.41) is 13.3. The lowest BCUT2D eigenvalue weighted by Crippen LogP contribution is -2.28. The molecule has 1 aromatic carbocycles. The molecule has 0 spiro atoms. The van der Waals surface area contributed by atoms with Gasteiger partial charge in [-0.2, -0.15) is 4.98 Å². The second kappa shape index (κ2) is 8.43. The lowest BCUT2D eigenvalue weighted by atomic mass is 10.0. The first kappa shape index (κ1) is 19.2. The van der Waals surface area contributed by atoms with Crippen molar-refractivity contribution in [2.75, 3.05) is 7.11 Å². The zero-order valence-electron chi connectivity index (χ0n) is 15.3. The van der Waals surface area contributed by atoms with Crippen LogP contribution in [-0.4, -0.2) is 39.7 Å². The highest BCUT2D eigenvalue weighted by molar-refractivity contribution is 5.97. The lowest BCUT2D eigenvalue weighted by Gasteiger charge is -2.23. The van der Waals surface area contributed by atoms with E-state index in [-0.39, 0.29) is 23.7 Å². The molecule has 0 amide bonds. The van der Waals surface area contributed by atoms with Crippen molar-refractivity contribution >= 4 is 23.7 Å². The average Bonchev–Trinajstić information content (AvgIpc) is 2.68. The number of carboxylic acids is 1. The molecule has 0 atom stereocenters. The van der Waals surface area contributed by atoms with E-state index in [4.69, 9.17) is 0 Å². The number of carbonyl (C=O) groups excluding carboxylic acids is 1. The molecule has 0 saturated carbocycles. The van der Waals surface area contributed by atoms with Gasteiger partial charge in [0.25, 0.3) is 5.56 Å². The van der Waals surface area contributed by atoms with Gasteiger partial charge in [-0.3, -0.25) is 9.59 Å².